The number of nitrogens with one attached hydrogen (secondary N) is 2. The van der Waals surface area contributed by atoms with Crippen LogP contribution in [0.1, 0.15) is 24.3 Å². The van der Waals surface area contributed by atoms with E-state index in [2.05, 4.69) is 15.8 Å². The van der Waals surface area contributed by atoms with Crippen molar-refractivity contribution in [2.24, 2.45) is 0 Å². The third-order valence-corrected chi connectivity index (χ3v) is 5.81. The number of aliphatic hydroxyl groups is 1. The van der Waals surface area contributed by atoms with Gasteiger partial charge in [0.2, 0.25) is 0 Å². The van der Waals surface area contributed by atoms with Crippen LogP contribution in [0.2, 0.25) is 0 Å². The maximum absolute atomic E-state index is 13.1. The third-order valence-electron chi connectivity index (χ3n) is 5.81. The highest BCUT2D eigenvalue weighted by atomic mass is 16.5. The van der Waals surface area contributed by atoms with Crippen LogP contribution in [-0.2, 0) is 22.5 Å². The molecule has 10 heteroatoms. The number of carbonyl (C=O) groups excluding carboxylic acids is 2. The predicted molar refractivity (Wildman–Crippen MR) is 132 cm³/mol. The molecule has 2 heterocycles. The van der Waals surface area contributed by atoms with E-state index in [4.69, 9.17) is 14.0 Å². The predicted octanol–water partition coefficient (Wildman–Crippen LogP) is 4.04. The normalized spacial score (nSPS) is 19.4. The number of nitrogens with zero attached hydrogens (tertiary/aromatic N) is 2. The first-order valence-corrected chi connectivity index (χ1v) is 11.8. The summed E-state index contributed by atoms with van der Waals surface area (Å²) in [7, 11) is 1.58. The Balaban J connectivity index is 1.46. The van der Waals surface area contributed by atoms with Gasteiger partial charge < -0.3 is 29.7 Å². The lowest BCUT2D eigenvalue weighted by atomic mass is 9.98. The second-order valence-corrected chi connectivity index (χ2v) is 8.57. The number of urea groups is 2. The molecule has 1 aromatic heterocycles. The van der Waals surface area contributed by atoms with Crippen LogP contribution in [0.25, 0.3) is 0 Å². The van der Waals surface area contributed by atoms with Crippen molar-refractivity contribution < 1.29 is 28.7 Å². The number of aliphatic hydroxyl groups excluding tert-OH is 1. The topological polar surface area (TPSA) is 126 Å². The third kappa shape index (κ3) is 6.91. The number of ether oxygens (including phenoxy) is 2. The van der Waals surface area contributed by atoms with Crippen LogP contribution >= 0.6 is 0 Å². The van der Waals surface area contributed by atoms with Gasteiger partial charge in [0.05, 0.1) is 24.4 Å². The number of benzene rings is 2. The summed E-state index contributed by atoms with van der Waals surface area (Å²) in [5.74, 6) is 0.612. The summed E-state index contributed by atoms with van der Waals surface area (Å²) in [6, 6.07) is 18.2. The summed E-state index contributed by atoms with van der Waals surface area (Å²) in [6.45, 7) is 0.185. The van der Waals surface area contributed by atoms with Gasteiger partial charge >= 0.3 is 12.1 Å². The van der Waals surface area contributed by atoms with Gasteiger partial charge in [-0.15, -0.1) is 0 Å². The molecule has 10 nitrogen and oxygen atoms in total. The molecule has 2 aromatic carbocycles. The van der Waals surface area contributed by atoms with Crippen molar-refractivity contribution in [1.82, 2.24) is 10.1 Å². The first-order valence-electron chi connectivity index (χ1n) is 11.8. The molecule has 0 unspecified atom stereocenters. The minimum Gasteiger partial charge on any atom is -0.390 e. The number of imide groups is 1. The van der Waals surface area contributed by atoms with E-state index in [0.29, 0.717) is 48.7 Å². The molecule has 4 rings (SSSR count). The zero-order valence-electron chi connectivity index (χ0n) is 20.0. The minimum atomic E-state index is -0.834. The Hall–Kier alpha value is -3.73. The fourth-order valence-electron chi connectivity index (χ4n) is 4.02. The highest BCUT2D eigenvalue weighted by Crippen LogP contribution is 2.24. The second-order valence-electron chi connectivity index (χ2n) is 8.57. The molecule has 1 aliphatic rings. The van der Waals surface area contributed by atoms with Gasteiger partial charge in [0.1, 0.15) is 12.7 Å². The van der Waals surface area contributed by atoms with E-state index in [1.165, 1.54) is 0 Å². The lowest BCUT2D eigenvalue weighted by Gasteiger charge is -2.36. The van der Waals surface area contributed by atoms with Gasteiger partial charge in [-0.2, -0.15) is 0 Å². The molecule has 0 aliphatic carbocycles. The van der Waals surface area contributed by atoms with Crippen molar-refractivity contribution >= 4 is 23.4 Å². The highest BCUT2D eigenvalue weighted by Gasteiger charge is 2.35. The van der Waals surface area contributed by atoms with Crippen LogP contribution < -0.4 is 10.6 Å². The molecule has 0 radical (unpaired) electrons. The van der Waals surface area contributed by atoms with Crippen LogP contribution in [0.15, 0.2) is 71.3 Å². The first-order chi connectivity index (χ1) is 17.5. The molecule has 1 aliphatic heterocycles. The first kappa shape index (κ1) is 25.4. The highest BCUT2D eigenvalue weighted by molar-refractivity contribution is 6.05. The van der Waals surface area contributed by atoms with E-state index in [9.17, 15) is 14.7 Å². The summed E-state index contributed by atoms with van der Waals surface area (Å²) >= 11 is 0. The molecule has 0 saturated carbocycles. The summed E-state index contributed by atoms with van der Waals surface area (Å²) in [5.41, 5.74) is 1.80. The van der Waals surface area contributed by atoms with E-state index in [1.807, 2.05) is 12.1 Å². The average Bonchev–Trinajstić information content (AvgIpc) is 3.32. The number of aromatic nitrogens is 1. The molecule has 36 heavy (non-hydrogen) atoms. The van der Waals surface area contributed by atoms with Crippen LogP contribution in [-0.4, -0.2) is 59.2 Å². The van der Waals surface area contributed by atoms with Crippen molar-refractivity contribution in [3.05, 3.63) is 78.2 Å². The maximum Gasteiger partial charge on any atom is 0.330 e. The Labute approximate surface area is 209 Å². The average molecular weight is 495 g/mol. The standard InChI is InChI=1S/C26H30N4O6/c1-34-17-22-15-20(29-36-22)14-21-12-13-23(31)24(35-21)16-30(25(32)27-18-8-4-2-5-9-18)26(33)28-19-10-6-3-7-11-19/h2-11,15,21,23-24,31H,12-14,16-17H2,1H3,(H,27,32)(H,28,33)/t21-,23-,24+/m0/s1. The van der Waals surface area contributed by atoms with Crippen LogP contribution in [0.4, 0.5) is 21.0 Å². The molecule has 3 atom stereocenters. The summed E-state index contributed by atoms with van der Waals surface area (Å²) in [6.07, 6.45) is -0.308. The number of anilines is 2. The molecular weight excluding hydrogens is 464 g/mol. The van der Waals surface area contributed by atoms with Crippen LogP contribution in [0, 0.1) is 0 Å². The van der Waals surface area contributed by atoms with Crippen LogP contribution in [0.5, 0.6) is 0 Å². The number of hydrogen-bond acceptors (Lipinski definition) is 7. The zero-order valence-corrected chi connectivity index (χ0v) is 20.0. The number of para-hydroxylation sites is 2. The Bertz CT molecular complexity index is 1070. The van der Waals surface area contributed by atoms with Crippen LogP contribution in [0.3, 0.4) is 0 Å². The number of rotatable bonds is 8. The van der Waals surface area contributed by atoms with Crippen molar-refractivity contribution in [1.29, 1.82) is 0 Å². The zero-order chi connectivity index (χ0) is 25.3. The van der Waals surface area contributed by atoms with E-state index in [-0.39, 0.29) is 12.6 Å². The molecule has 3 aromatic rings. The number of hydrogen-bond donors (Lipinski definition) is 3. The quantitative estimate of drug-likeness (QED) is 0.431. The fourth-order valence-corrected chi connectivity index (χ4v) is 4.02. The Morgan fingerprint density at radius 1 is 1.03 bits per heavy atom. The second kappa shape index (κ2) is 12.3. The molecule has 4 amide bonds. The van der Waals surface area contributed by atoms with E-state index in [0.717, 1.165) is 4.90 Å². The van der Waals surface area contributed by atoms with Crippen molar-refractivity contribution in [3.63, 3.8) is 0 Å². The van der Waals surface area contributed by atoms with Gasteiger partial charge in [0.15, 0.2) is 5.76 Å². The van der Waals surface area contributed by atoms with Gasteiger partial charge in [0, 0.05) is 31.0 Å². The Morgan fingerprint density at radius 3 is 2.22 bits per heavy atom. The SMILES string of the molecule is COCc1cc(C[C@@H]2CC[C@H](O)[C@@H](CN(C(=O)Nc3ccccc3)C(=O)Nc3ccccc3)O2)no1. The van der Waals surface area contributed by atoms with E-state index >= 15 is 0 Å². The molecule has 1 saturated heterocycles. The molecule has 190 valence electrons. The Kier molecular flexibility index (Phi) is 8.66. The van der Waals surface area contributed by atoms with Crippen molar-refractivity contribution in [2.45, 2.75) is 44.2 Å². The Morgan fingerprint density at radius 2 is 1.64 bits per heavy atom. The number of carbonyl (C=O) groups is 2. The fraction of sp³-hybridized carbons (Fsp3) is 0.346. The van der Waals surface area contributed by atoms with Gasteiger partial charge in [0.25, 0.3) is 0 Å². The molecule has 3 N–H and O–H groups in total. The minimum absolute atomic E-state index is 0.136. The monoisotopic (exact) mass is 494 g/mol. The maximum atomic E-state index is 13.1. The van der Waals surface area contributed by atoms with Gasteiger partial charge in [-0.05, 0) is 37.1 Å². The summed E-state index contributed by atoms with van der Waals surface area (Å²) < 4.78 is 16.4. The molecule has 1 fully saturated rings. The van der Waals surface area contributed by atoms with E-state index in [1.54, 1.807) is 61.7 Å². The molecule has 0 bridgehead atoms. The smallest absolute Gasteiger partial charge is 0.330 e. The molecule has 0 spiro atoms. The van der Waals surface area contributed by atoms with Gasteiger partial charge in [-0.3, -0.25) is 0 Å². The lowest BCUT2D eigenvalue weighted by molar-refractivity contribution is -0.119. The van der Waals surface area contributed by atoms with Gasteiger partial charge in [-0.25, -0.2) is 14.5 Å². The van der Waals surface area contributed by atoms with Crippen molar-refractivity contribution in [2.75, 3.05) is 24.3 Å². The number of methoxy groups -OCH3 is 1. The molecular formula is C26H30N4O6. The number of amides is 4. The summed E-state index contributed by atoms with van der Waals surface area (Å²) in [5, 5.41) is 20.2. The largest absolute Gasteiger partial charge is 0.390 e. The van der Waals surface area contributed by atoms with Gasteiger partial charge in [-0.1, -0.05) is 41.6 Å². The van der Waals surface area contributed by atoms with Crippen molar-refractivity contribution in [3.8, 4) is 0 Å². The lowest BCUT2D eigenvalue weighted by Crippen LogP contribution is -2.52. The summed E-state index contributed by atoms with van der Waals surface area (Å²) in [4.78, 5) is 27.3. The van der Waals surface area contributed by atoms with E-state index < -0.39 is 24.3 Å².